The number of rotatable bonds is 9. The lowest BCUT2D eigenvalue weighted by atomic mass is 10.0. The van der Waals surface area contributed by atoms with Crippen molar-refractivity contribution in [3.05, 3.63) is 77.5 Å². The van der Waals surface area contributed by atoms with Crippen LogP contribution in [-0.4, -0.2) is 31.6 Å². The molecule has 1 heterocycles. The van der Waals surface area contributed by atoms with Crippen LogP contribution in [0.2, 0.25) is 0 Å². The lowest BCUT2D eigenvalue weighted by Gasteiger charge is -2.34. The van der Waals surface area contributed by atoms with Gasteiger partial charge in [-0.1, -0.05) is 48.5 Å². The Morgan fingerprint density at radius 3 is 2.29 bits per heavy atom. The van der Waals surface area contributed by atoms with Crippen molar-refractivity contribution in [2.45, 2.75) is 39.0 Å². The van der Waals surface area contributed by atoms with Crippen molar-refractivity contribution in [3.63, 3.8) is 0 Å². The first-order valence-electron chi connectivity index (χ1n) is 10.5. The third-order valence-electron chi connectivity index (χ3n) is 5.09. The Labute approximate surface area is 183 Å². The molecule has 0 N–H and O–H groups in total. The highest BCUT2D eigenvalue weighted by Gasteiger charge is 2.36. The van der Waals surface area contributed by atoms with E-state index >= 15 is 0 Å². The Hall–Kier alpha value is -3.14. The van der Waals surface area contributed by atoms with Crippen LogP contribution >= 0.6 is 0 Å². The number of hydrogen-bond donors (Lipinski definition) is 0. The zero-order valence-electron chi connectivity index (χ0n) is 18.0. The van der Waals surface area contributed by atoms with Gasteiger partial charge in [0.1, 0.15) is 0 Å². The number of nitriles is 1. The van der Waals surface area contributed by atoms with Gasteiger partial charge in [-0.25, -0.2) is 4.79 Å². The van der Waals surface area contributed by atoms with Crippen molar-refractivity contribution in [3.8, 4) is 6.07 Å². The third-order valence-corrected chi connectivity index (χ3v) is 5.09. The normalized spacial score (nSPS) is 15.6. The van der Waals surface area contributed by atoms with Crippen molar-refractivity contribution in [2.24, 2.45) is 0 Å². The minimum atomic E-state index is -0.883. The number of nitrogens with zero attached hydrogens (tertiary/aromatic N) is 2. The Balaban J connectivity index is 2.14. The van der Waals surface area contributed by atoms with E-state index in [4.69, 9.17) is 14.2 Å². The summed E-state index contributed by atoms with van der Waals surface area (Å²) in [6.07, 6.45) is 0.243. The van der Waals surface area contributed by atoms with E-state index in [0.717, 1.165) is 11.3 Å². The zero-order chi connectivity index (χ0) is 22.1. The summed E-state index contributed by atoms with van der Waals surface area (Å²) in [5, 5.41) is 9.50. The Bertz CT molecular complexity index is 929. The molecule has 0 aromatic heterocycles. The van der Waals surface area contributed by atoms with E-state index in [2.05, 4.69) is 11.0 Å². The van der Waals surface area contributed by atoms with Gasteiger partial charge in [-0.15, -0.1) is 0 Å². The van der Waals surface area contributed by atoms with Crippen molar-refractivity contribution in [1.29, 1.82) is 5.26 Å². The van der Waals surface area contributed by atoms with Crippen molar-refractivity contribution in [1.82, 2.24) is 0 Å². The number of ether oxygens (including phenoxy) is 3. The predicted octanol–water partition coefficient (Wildman–Crippen LogP) is 4.58. The number of hydrogen-bond acceptors (Lipinski definition) is 6. The molecule has 162 valence electrons. The summed E-state index contributed by atoms with van der Waals surface area (Å²) < 4.78 is 17.0. The average molecular weight is 421 g/mol. The number of carbonyl (C=O) groups is 1. The van der Waals surface area contributed by atoms with Crippen LogP contribution < -0.4 is 4.90 Å². The molecule has 2 aromatic rings. The summed E-state index contributed by atoms with van der Waals surface area (Å²) in [5.74, 6) is -1.37. The predicted molar refractivity (Wildman–Crippen MR) is 118 cm³/mol. The molecule has 1 saturated heterocycles. The molecule has 6 nitrogen and oxygen atoms in total. The zero-order valence-corrected chi connectivity index (χ0v) is 18.0. The first-order valence-corrected chi connectivity index (χ1v) is 10.5. The second kappa shape index (κ2) is 10.8. The fourth-order valence-electron chi connectivity index (χ4n) is 3.63. The van der Waals surface area contributed by atoms with Gasteiger partial charge in [-0.05, 0) is 31.5 Å². The van der Waals surface area contributed by atoms with Crippen molar-refractivity contribution < 1.29 is 19.0 Å². The summed E-state index contributed by atoms with van der Waals surface area (Å²) in [7, 11) is 0. The second-order valence-electron chi connectivity index (χ2n) is 7.40. The van der Waals surface area contributed by atoms with Crippen LogP contribution in [0.5, 0.6) is 0 Å². The van der Waals surface area contributed by atoms with Crippen molar-refractivity contribution >= 4 is 11.7 Å². The summed E-state index contributed by atoms with van der Waals surface area (Å²) in [4.78, 5) is 15.0. The second-order valence-corrected chi connectivity index (χ2v) is 7.40. The molecule has 0 amide bonds. The van der Waals surface area contributed by atoms with Gasteiger partial charge in [0.05, 0.1) is 37.9 Å². The molecule has 1 aliphatic rings. The maximum absolute atomic E-state index is 12.9. The van der Waals surface area contributed by atoms with Gasteiger partial charge < -0.3 is 19.1 Å². The maximum atomic E-state index is 12.9. The fourth-order valence-corrected chi connectivity index (χ4v) is 3.63. The van der Waals surface area contributed by atoms with Crippen molar-refractivity contribution in [2.75, 3.05) is 24.7 Å². The quantitative estimate of drug-likeness (QED) is 0.437. The van der Waals surface area contributed by atoms with E-state index in [0.29, 0.717) is 37.4 Å². The molecule has 0 spiro atoms. The number of esters is 1. The largest absolute Gasteiger partial charge is 0.463 e. The van der Waals surface area contributed by atoms with Crippen LogP contribution in [0, 0.1) is 11.3 Å². The van der Waals surface area contributed by atoms with Crippen LogP contribution in [0.1, 0.15) is 32.3 Å². The molecule has 1 fully saturated rings. The molecular formula is C25H28N2O4. The minimum Gasteiger partial charge on any atom is -0.463 e. The van der Waals surface area contributed by atoms with E-state index in [-0.39, 0.29) is 13.0 Å². The van der Waals surface area contributed by atoms with Gasteiger partial charge in [0.25, 0.3) is 0 Å². The molecule has 2 aromatic carbocycles. The van der Waals surface area contributed by atoms with Gasteiger partial charge >= 0.3 is 5.97 Å². The van der Waals surface area contributed by atoms with Crippen LogP contribution in [0.15, 0.2) is 71.9 Å². The third kappa shape index (κ3) is 5.94. The first kappa shape index (κ1) is 22.5. The molecule has 0 saturated carbocycles. The maximum Gasteiger partial charge on any atom is 0.336 e. The Kier molecular flexibility index (Phi) is 7.82. The van der Waals surface area contributed by atoms with E-state index < -0.39 is 11.8 Å². The molecule has 31 heavy (non-hydrogen) atoms. The summed E-state index contributed by atoms with van der Waals surface area (Å²) in [6.45, 7) is 5.34. The molecular weight excluding hydrogens is 392 g/mol. The molecule has 0 atom stereocenters. The smallest absolute Gasteiger partial charge is 0.336 e. The van der Waals surface area contributed by atoms with Gasteiger partial charge in [-0.2, -0.15) is 5.26 Å². The molecule has 0 aliphatic carbocycles. The van der Waals surface area contributed by atoms with Crippen LogP contribution in [0.3, 0.4) is 0 Å². The average Bonchev–Trinajstić information content (AvgIpc) is 3.22. The standard InChI is InChI=1S/C25H28N2O4/c1-3-29-24(28)22(14-15-26)23(18-25(2)30-16-17-31-25)27(21-12-8-5-9-13-21)19-20-10-6-4-7-11-20/h4-13H,3,14,16-19H2,1-2H3/b23-22+. The van der Waals surface area contributed by atoms with Gasteiger partial charge in [0.2, 0.25) is 0 Å². The minimum absolute atomic E-state index is 0.0671. The monoisotopic (exact) mass is 420 g/mol. The first-order chi connectivity index (χ1) is 15.1. The van der Waals surface area contributed by atoms with Crippen LogP contribution in [0.4, 0.5) is 5.69 Å². The van der Waals surface area contributed by atoms with E-state index in [9.17, 15) is 10.1 Å². The van der Waals surface area contributed by atoms with E-state index in [1.165, 1.54) is 0 Å². The molecule has 0 radical (unpaired) electrons. The van der Waals surface area contributed by atoms with E-state index in [1.807, 2.05) is 67.6 Å². The van der Waals surface area contributed by atoms with E-state index in [1.54, 1.807) is 6.92 Å². The number of benzene rings is 2. The lowest BCUT2D eigenvalue weighted by Crippen LogP contribution is -2.34. The summed E-state index contributed by atoms with van der Waals surface area (Å²) in [6, 6.07) is 21.9. The Morgan fingerprint density at radius 2 is 1.71 bits per heavy atom. The summed E-state index contributed by atoms with van der Waals surface area (Å²) in [5.41, 5.74) is 2.97. The number of anilines is 1. The van der Waals surface area contributed by atoms with Crippen LogP contribution in [-0.2, 0) is 25.5 Å². The molecule has 1 aliphatic heterocycles. The highest BCUT2D eigenvalue weighted by Crippen LogP contribution is 2.34. The number of para-hydroxylation sites is 1. The van der Waals surface area contributed by atoms with Gasteiger partial charge in [-0.3, -0.25) is 0 Å². The van der Waals surface area contributed by atoms with Crippen LogP contribution in [0.25, 0.3) is 0 Å². The summed E-state index contributed by atoms with van der Waals surface area (Å²) >= 11 is 0. The molecule has 0 bridgehead atoms. The lowest BCUT2D eigenvalue weighted by molar-refractivity contribution is -0.142. The molecule has 3 rings (SSSR count). The SMILES string of the molecule is CCOC(=O)/C(CC#N)=C(\CC1(C)OCCO1)N(Cc1ccccc1)c1ccccc1. The highest BCUT2D eigenvalue weighted by atomic mass is 16.7. The number of carbonyl (C=O) groups excluding carboxylic acids is 1. The topological polar surface area (TPSA) is 71.8 Å². The fraction of sp³-hybridized carbons (Fsp3) is 0.360. The molecule has 6 heteroatoms. The van der Waals surface area contributed by atoms with Gasteiger partial charge in [0, 0.05) is 24.4 Å². The van der Waals surface area contributed by atoms with Gasteiger partial charge in [0.15, 0.2) is 5.79 Å². The Morgan fingerprint density at radius 1 is 1.10 bits per heavy atom. The molecule has 0 unspecified atom stereocenters. The highest BCUT2D eigenvalue weighted by molar-refractivity contribution is 5.90.